The molecule has 13 heavy (non-hydrogen) atoms. The van der Waals surface area contributed by atoms with Gasteiger partial charge in [-0.2, -0.15) is 0 Å². The minimum Gasteiger partial charge on any atom is -0.419 e. The molecule has 1 atom stereocenters. The van der Waals surface area contributed by atoms with Crippen LogP contribution in [-0.4, -0.2) is 18.0 Å². The molecule has 2 amide bonds. The highest BCUT2D eigenvalue weighted by Gasteiger charge is 2.21. The number of amides is 2. The third-order valence-corrected chi connectivity index (χ3v) is 1.44. The molecule has 0 aromatic rings. The molecule has 0 unspecified atom stereocenters. The molecule has 0 aromatic carbocycles. The molecule has 0 aromatic heterocycles. The first-order valence-corrected chi connectivity index (χ1v) is 3.86. The predicted octanol–water partition coefficient (Wildman–Crippen LogP) is 0.366. The maximum atomic E-state index is 10.8. The smallest absolute Gasteiger partial charge is 0.412 e. The van der Waals surface area contributed by atoms with E-state index in [4.69, 9.17) is 5.73 Å². The second kappa shape index (κ2) is 5.18. The van der Waals surface area contributed by atoms with Crippen LogP contribution >= 0.6 is 0 Å². The van der Waals surface area contributed by atoms with Crippen LogP contribution in [0.5, 0.6) is 0 Å². The van der Waals surface area contributed by atoms with E-state index in [9.17, 15) is 9.59 Å². The van der Waals surface area contributed by atoms with Gasteiger partial charge in [-0.15, -0.1) is 0 Å². The van der Waals surface area contributed by atoms with Crippen molar-refractivity contribution >= 4 is 12.0 Å². The molecule has 5 heteroatoms. The summed E-state index contributed by atoms with van der Waals surface area (Å²) in [5, 5.41) is 2.31. The first-order chi connectivity index (χ1) is 5.99. The quantitative estimate of drug-likeness (QED) is 0.622. The van der Waals surface area contributed by atoms with Crippen molar-refractivity contribution in [2.75, 3.05) is 0 Å². The van der Waals surface area contributed by atoms with Gasteiger partial charge in [0, 0.05) is 0 Å². The average molecular weight is 186 g/mol. The first kappa shape index (κ1) is 11.5. The van der Waals surface area contributed by atoms with E-state index in [1.165, 1.54) is 0 Å². The Morgan fingerprint density at radius 1 is 1.54 bits per heavy atom. The van der Waals surface area contributed by atoms with Crippen LogP contribution in [0.15, 0.2) is 12.8 Å². The van der Waals surface area contributed by atoms with E-state index < -0.39 is 18.0 Å². The van der Waals surface area contributed by atoms with Crippen molar-refractivity contribution in [2.24, 2.45) is 11.7 Å². The molecule has 0 fully saturated rings. The lowest BCUT2D eigenvalue weighted by Gasteiger charge is -2.17. The molecule has 0 spiro atoms. The van der Waals surface area contributed by atoms with Gasteiger partial charge in [0.1, 0.15) is 6.04 Å². The number of alkyl carbamates (subject to hydrolysis) is 1. The van der Waals surface area contributed by atoms with E-state index in [2.05, 4.69) is 16.6 Å². The van der Waals surface area contributed by atoms with E-state index in [-0.39, 0.29) is 5.92 Å². The van der Waals surface area contributed by atoms with Crippen LogP contribution < -0.4 is 11.1 Å². The number of primary amides is 1. The second-order valence-corrected chi connectivity index (χ2v) is 2.84. The lowest BCUT2D eigenvalue weighted by Crippen LogP contribution is -2.47. The summed E-state index contributed by atoms with van der Waals surface area (Å²) in [6.45, 7) is 6.73. The number of hydrogen-bond acceptors (Lipinski definition) is 3. The van der Waals surface area contributed by atoms with Crippen molar-refractivity contribution < 1.29 is 14.3 Å². The van der Waals surface area contributed by atoms with Gasteiger partial charge in [-0.25, -0.2) is 4.79 Å². The molecular formula is C8H14N2O3. The van der Waals surface area contributed by atoms with E-state index in [0.29, 0.717) is 0 Å². The Morgan fingerprint density at radius 3 is 2.38 bits per heavy atom. The van der Waals surface area contributed by atoms with Crippen LogP contribution in [0.1, 0.15) is 13.8 Å². The standard InChI is InChI=1S/C8H14N2O3/c1-4-13-8(12)10-6(5(2)3)7(9)11/h4-6H,1H2,2-3H3,(H2,9,11)(H,10,12)/t6-/m0/s1. The highest BCUT2D eigenvalue weighted by molar-refractivity contribution is 5.84. The van der Waals surface area contributed by atoms with Gasteiger partial charge in [0.25, 0.3) is 0 Å². The number of nitrogens with one attached hydrogen (secondary N) is 1. The second-order valence-electron chi connectivity index (χ2n) is 2.84. The zero-order valence-corrected chi connectivity index (χ0v) is 7.74. The van der Waals surface area contributed by atoms with Gasteiger partial charge in [0.15, 0.2) is 0 Å². The Hall–Kier alpha value is -1.52. The molecule has 0 heterocycles. The Labute approximate surface area is 76.9 Å². The van der Waals surface area contributed by atoms with Gasteiger partial charge < -0.3 is 15.8 Å². The molecule has 3 N–H and O–H groups in total. The summed E-state index contributed by atoms with van der Waals surface area (Å²) >= 11 is 0. The van der Waals surface area contributed by atoms with E-state index in [1.807, 2.05) is 0 Å². The number of carbonyl (C=O) groups excluding carboxylic acids is 2. The fourth-order valence-electron chi connectivity index (χ4n) is 0.803. The van der Waals surface area contributed by atoms with Gasteiger partial charge in [-0.1, -0.05) is 20.4 Å². The third kappa shape index (κ3) is 4.15. The summed E-state index contributed by atoms with van der Waals surface area (Å²) in [4.78, 5) is 21.7. The van der Waals surface area contributed by atoms with Crippen molar-refractivity contribution in [3.05, 3.63) is 12.8 Å². The largest absolute Gasteiger partial charge is 0.419 e. The molecule has 0 bridgehead atoms. The number of ether oxygens (including phenoxy) is 1. The number of carbonyl (C=O) groups is 2. The minimum absolute atomic E-state index is 0.0742. The monoisotopic (exact) mass is 186 g/mol. The fourth-order valence-corrected chi connectivity index (χ4v) is 0.803. The number of nitrogens with two attached hydrogens (primary N) is 1. The van der Waals surface area contributed by atoms with Crippen LogP contribution in [0, 0.1) is 5.92 Å². The molecule has 0 rings (SSSR count). The predicted molar refractivity (Wildman–Crippen MR) is 47.6 cm³/mol. The minimum atomic E-state index is -0.729. The van der Waals surface area contributed by atoms with Gasteiger partial charge in [-0.3, -0.25) is 4.79 Å². The number of hydrogen-bond donors (Lipinski definition) is 2. The lowest BCUT2D eigenvalue weighted by atomic mass is 10.0. The molecule has 0 saturated heterocycles. The summed E-state index contributed by atoms with van der Waals surface area (Å²) in [6.07, 6.45) is 0.251. The Kier molecular flexibility index (Phi) is 4.58. The molecule has 0 saturated carbocycles. The van der Waals surface area contributed by atoms with Crippen LogP contribution in [0.4, 0.5) is 4.79 Å². The average Bonchev–Trinajstić information content (AvgIpc) is 1.99. The molecule has 74 valence electrons. The maximum Gasteiger partial charge on any atom is 0.412 e. The Bertz CT molecular complexity index is 213. The van der Waals surface area contributed by atoms with Crippen molar-refractivity contribution in [1.29, 1.82) is 0 Å². The van der Waals surface area contributed by atoms with Crippen LogP contribution in [0.25, 0.3) is 0 Å². The van der Waals surface area contributed by atoms with Gasteiger partial charge >= 0.3 is 6.09 Å². The highest BCUT2D eigenvalue weighted by Crippen LogP contribution is 2.00. The summed E-state index contributed by atoms with van der Waals surface area (Å²) < 4.78 is 4.38. The Balaban J connectivity index is 4.18. The Morgan fingerprint density at radius 2 is 2.08 bits per heavy atom. The van der Waals surface area contributed by atoms with Crippen LogP contribution in [0.2, 0.25) is 0 Å². The van der Waals surface area contributed by atoms with Gasteiger partial charge in [0.05, 0.1) is 6.26 Å². The topological polar surface area (TPSA) is 81.4 Å². The van der Waals surface area contributed by atoms with Gasteiger partial charge in [-0.05, 0) is 5.92 Å². The summed E-state index contributed by atoms with van der Waals surface area (Å²) in [7, 11) is 0. The normalized spacial score (nSPS) is 11.9. The zero-order chi connectivity index (χ0) is 10.4. The molecule has 0 aliphatic carbocycles. The van der Waals surface area contributed by atoms with E-state index in [0.717, 1.165) is 6.26 Å². The van der Waals surface area contributed by atoms with Gasteiger partial charge in [0.2, 0.25) is 5.91 Å². The van der Waals surface area contributed by atoms with Crippen molar-refractivity contribution in [1.82, 2.24) is 5.32 Å². The molecular weight excluding hydrogens is 172 g/mol. The zero-order valence-electron chi connectivity index (χ0n) is 7.74. The SMILES string of the molecule is C=COC(=O)N[C@H](C(N)=O)C(C)C. The summed E-state index contributed by atoms with van der Waals surface area (Å²) in [5.74, 6) is -0.661. The first-order valence-electron chi connectivity index (χ1n) is 3.86. The molecule has 0 radical (unpaired) electrons. The summed E-state index contributed by atoms with van der Waals surface area (Å²) in [5.41, 5.74) is 5.05. The van der Waals surface area contributed by atoms with Crippen molar-refractivity contribution in [2.45, 2.75) is 19.9 Å². The van der Waals surface area contributed by atoms with Crippen LogP contribution in [0.3, 0.4) is 0 Å². The fraction of sp³-hybridized carbons (Fsp3) is 0.500. The van der Waals surface area contributed by atoms with Crippen molar-refractivity contribution in [3.8, 4) is 0 Å². The number of rotatable bonds is 4. The lowest BCUT2D eigenvalue weighted by molar-refractivity contribution is -0.120. The third-order valence-electron chi connectivity index (χ3n) is 1.44. The molecule has 0 aliphatic heterocycles. The van der Waals surface area contributed by atoms with Crippen LogP contribution in [-0.2, 0) is 9.53 Å². The summed E-state index contributed by atoms with van der Waals surface area (Å²) in [6, 6.07) is -0.715. The highest BCUT2D eigenvalue weighted by atomic mass is 16.5. The van der Waals surface area contributed by atoms with E-state index in [1.54, 1.807) is 13.8 Å². The molecule has 0 aliphatic rings. The van der Waals surface area contributed by atoms with Crippen molar-refractivity contribution in [3.63, 3.8) is 0 Å². The molecule has 5 nitrogen and oxygen atoms in total. The maximum absolute atomic E-state index is 10.8. The van der Waals surface area contributed by atoms with E-state index >= 15 is 0 Å².